The molecule has 0 aromatic carbocycles. The fourth-order valence-electron chi connectivity index (χ4n) is 1.52. The van der Waals surface area contributed by atoms with Crippen LogP contribution in [0.5, 0.6) is 0 Å². The van der Waals surface area contributed by atoms with Gasteiger partial charge < -0.3 is 15.6 Å². The second kappa shape index (κ2) is 4.86. The van der Waals surface area contributed by atoms with Crippen molar-refractivity contribution in [3.8, 4) is 0 Å². The molecule has 0 amide bonds. The predicted octanol–water partition coefficient (Wildman–Crippen LogP) is -0.676. The van der Waals surface area contributed by atoms with Crippen molar-refractivity contribution in [2.45, 2.75) is 29.9 Å². The molecule has 3 N–H and O–H groups in total. The van der Waals surface area contributed by atoms with Crippen molar-refractivity contribution in [1.29, 1.82) is 0 Å². The number of carbonyl (C=O) groups is 1. The van der Waals surface area contributed by atoms with Gasteiger partial charge in [0.05, 0.1) is 11.4 Å². The zero-order valence-corrected chi connectivity index (χ0v) is 8.83. The molecule has 1 fully saturated rings. The third-order valence-corrected chi connectivity index (χ3v) is 4.55. The average molecular weight is 221 g/mol. The molecule has 1 aliphatic rings. The van der Waals surface area contributed by atoms with Crippen LogP contribution in [0.2, 0.25) is 0 Å². The Morgan fingerprint density at radius 3 is 2.79 bits per heavy atom. The number of hydrogen-bond acceptors (Lipinski definition) is 4. The van der Waals surface area contributed by atoms with E-state index in [0.717, 1.165) is 0 Å². The molecule has 6 heteroatoms. The lowest BCUT2D eigenvalue weighted by molar-refractivity contribution is -0.136. The van der Waals surface area contributed by atoms with Crippen molar-refractivity contribution in [3.05, 3.63) is 0 Å². The highest BCUT2D eigenvalue weighted by atomic mass is 32.2. The van der Waals surface area contributed by atoms with Crippen molar-refractivity contribution < 1.29 is 18.8 Å². The number of hydrogen-bond donors (Lipinski definition) is 2. The molecule has 0 saturated carbocycles. The van der Waals surface area contributed by atoms with Gasteiger partial charge in [0.15, 0.2) is 0 Å². The molecule has 1 aliphatic heterocycles. The maximum Gasteiger partial charge on any atom is 0.320 e. The minimum Gasteiger partial charge on any atom is -0.480 e. The van der Waals surface area contributed by atoms with Crippen LogP contribution in [0.4, 0.5) is 0 Å². The van der Waals surface area contributed by atoms with Gasteiger partial charge in [0.1, 0.15) is 5.25 Å². The molecule has 0 aromatic rings. The minimum absolute atomic E-state index is 0.0921. The number of rotatable bonds is 4. The van der Waals surface area contributed by atoms with Crippen molar-refractivity contribution in [2.75, 3.05) is 13.2 Å². The molecule has 0 aliphatic carbocycles. The van der Waals surface area contributed by atoms with Crippen molar-refractivity contribution in [2.24, 2.45) is 5.73 Å². The zero-order chi connectivity index (χ0) is 10.7. The molecule has 1 heterocycles. The highest BCUT2D eigenvalue weighted by molar-refractivity contribution is 7.87. The predicted molar refractivity (Wildman–Crippen MR) is 52.4 cm³/mol. The third-order valence-electron chi connectivity index (χ3n) is 2.38. The Morgan fingerprint density at radius 1 is 1.79 bits per heavy atom. The van der Waals surface area contributed by atoms with Gasteiger partial charge in [-0.25, -0.2) is 0 Å². The Balaban J connectivity index is 2.67. The topological polar surface area (TPSA) is 89.6 Å². The van der Waals surface area contributed by atoms with E-state index in [1.165, 1.54) is 0 Å². The van der Waals surface area contributed by atoms with E-state index in [-0.39, 0.29) is 17.9 Å². The molecule has 0 aromatic heterocycles. The Labute approximate surface area is 85.1 Å². The van der Waals surface area contributed by atoms with E-state index < -0.39 is 22.0 Å². The normalized spacial score (nSPS) is 31.3. The fourth-order valence-corrected chi connectivity index (χ4v) is 3.12. The first-order chi connectivity index (χ1) is 6.57. The smallest absolute Gasteiger partial charge is 0.320 e. The molecule has 0 radical (unpaired) electrons. The zero-order valence-electron chi connectivity index (χ0n) is 8.01. The quantitative estimate of drug-likeness (QED) is 0.656. The van der Waals surface area contributed by atoms with Gasteiger partial charge in [-0.1, -0.05) is 0 Å². The Kier molecular flexibility index (Phi) is 4.03. The van der Waals surface area contributed by atoms with Crippen LogP contribution in [-0.4, -0.2) is 45.0 Å². The van der Waals surface area contributed by atoms with E-state index in [4.69, 9.17) is 15.6 Å². The summed E-state index contributed by atoms with van der Waals surface area (Å²) in [5.41, 5.74) is 5.27. The molecule has 1 rings (SSSR count). The lowest BCUT2D eigenvalue weighted by Crippen LogP contribution is -2.40. The van der Waals surface area contributed by atoms with Crippen LogP contribution in [0, 0.1) is 0 Å². The molecule has 0 bridgehead atoms. The minimum atomic E-state index is -1.44. The first-order valence-corrected chi connectivity index (χ1v) is 5.79. The number of aliphatic carboxylic acids is 1. The van der Waals surface area contributed by atoms with Gasteiger partial charge in [-0.3, -0.25) is 9.00 Å². The summed E-state index contributed by atoms with van der Waals surface area (Å²) in [6, 6.07) is 0. The van der Waals surface area contributed by atoms with Crippen LogP contribution >= 0.6 is 0 Å². The van der Waals surface area contributed by atoms with Crippen molar-refractivity contribution in [3.63, 3.8) is 0 Å². The molecular formula is C8H15NO4S. The highest BCUT2D eigenvalue weighted by Gasteiger charge is 2.36. The van der Waals surface area contributed by atoms with Gasteiger partial charge in [-0.05, 0) is 13.3 Å². The fraction of sp³-hybridized carbons (Fsp3) is 0.875. The lowest BCUT2D eigenvalue weighted by atomic mass is 10.3. The summed E-state index contributed by atoms with van der Waals surface area (Å²) >= 11 is 0. The maximum absolute atomic E-state index is 11.8. The highest BCUT2D eigenvalue weighted by Crippen LogP contribution is 2.21. The molecule has 14 heavy (non-hydrogen) atoms. The van der Waals surface area contributed by atoms with E-state index in [9.17, 15) is 9.00 Å². The van der Waals surface area contributed by atoms with Crippen LogP contribution in [0.3, 0.4) is 0 Å². The SMILES string of the molecule is CC1OCCC1S(=O)C(CN)C(=O)O. The molecule has 5 nitrogen and oxygen atoms in total. The molecule has 4 atom stereocenters. The van der Waals surface area contributed by atoms with E-state index in [0.29, 0.717) is 13.0 Å². The van der Waals surface area contributed by atoms with Crippen LogP contribution in [0.25, 0.3) is 0 Å². The number of nitrogens with two attached hydrogens (primary N) is 1. The van der Waals surface area contributed by atoms with Crippen molar-refractivity contribution >= 4 is 16.8 Å². The van der Waals surface area contributed by atoms with Crippen LogP contribution in [0.15, 0.2) is 0 Å². The van der Waals surface area contributed by atoms with Gasteiger partial charge in [-0.2, -0.15) is 0 Å². The molecule has 0 spiro atoms. The van der Waals surface area contributed by atoms with Gasteiger partial charge in [0.25, 0.3) is 0 Å². The summed E-state index contributed by atoms with van der Waals surface area (Å²) < 4.78 is 17.0. The summed E-state index contributed by atoms with van der Waals surface area (Å²) in [5.74, 6) is -1.09. The van der Waals surface area contributed by atoms with Crippen molar-refractivity contribution in [1.82, 2.24) is 0 Å². The van der Waals surface area contributed by atoms with Gasteiger partial charge in [0.2, 0.25) is 0 Å². The van der Waals surface area contributed by atoms with E-state index >= 15 is 0 Å². The van der Waals surface area contributed by atoms with Crippen LogP contribution in [-0.2, 0) is 20.3 Å². The number of carboxylic acid groups (broad SMARTS) is 1. The molecule has 1 saturated heterocycles. The Bertz CT molecular complexity index is 245. The molecule has 4 unspecified atom stereocenters. The number of carboxylic acids is 1. The lowest BCUT2D eigenvalue weighted by Gasteiger charge is -2.17. The first kappa shape index (κ1) is 11.6. The molecule has 82 valence electrons. The second-order valence-electron chi connectivity index (χ2n) is 3.29. The maximum atomic E-state index is 11.8. The van der Waals surface area contributed by atoms with E-state index in [2.05, 4.69) is 0 Å². The number of ether oxygens (including phenoxy) is 1. The standard InChI is InChI=1S/C8H15NO4S/c1-5-6(2-3-13-5)14(12)7(4-9)8(10)11/h5-7H,2-4,9H2,1H3,(H,10,11). The second-order valence-corrected chi connectivity index (χ2v) is 5.13. The largest absolute Gasteiger partial charge is 0.480 e. The van der Waals surface area contributed by atoms with Gasteiger partial charge in [0, 0.05) is 24.0 Å². The van der Waals surface area contributed by atoms with Gasteiger partial charge in [-0.15, -0.1) is 0 Å². The summed E-state index contributed by atoms with van der Waals surface area (Å²) in [4.78, 5) is 10.7. The summed E-state index contributed by atoms with van der Waals surface area (Å²) in [6.07, 6.45) is 0.515. The Morgan fingerprint density at radius 2 is 2.43 bits per heavy atom. The molecular weight excluding hydrogens is 206 g/mol. The van der Waals surface area contributed by atoms with E-state index in [1.54, 1.807) is 0 Å². The van der Waals surface area contributed by atoms with Crippen LogP contribution in [0.1, 0.15) is 13.3 Å². The summed E-state index contributed by atoms with van der Waals surface area (Å²) in [7, 11) is -1.44. The average Bonchev–Trinajstić information content (AvgIpc) is 2.51. The first-order valence-electron chi connectivity index (χ1n) is 4.51. The summed E-state index contributed by atoms with van der Waals surface area (Å²) in [5, 5.41) is 7.61. The van der Waals surface area contributed by atoms with Crippen LogP contribution < -0.4 is 5.73 Å². The third kappa shape index (κ3) is 2.31. The summed E-state index contributed by atoms with van der Waals surface area (Å²) in [6.45, 7) is 2.27. The monoisotopic (exact) mass is 221 g/mol. The Hall–Kier alpha value is -0.460. The van der Waals surface area contributed by atoms with Gasteiger partial charge >= 0.3 is 5.97 Å². The van der Waals surface area contributed by atoms with E-state index in [1.807, 2.05) is 6.92 Å².